The Morgan fingerprint density at radius 2 is 1.80 bits per heavy atom. The van der Waals surface area contributed by atoms with Gasteiger partial charge in [-0.2, -0.15) is 0 Å². The van der Waals surface area contributed by atoms with Crippen LogP contribution >= 0.6 is 15.9 Å². The van der Waals surface area contributed by atoms with Gasteiger partial charge in [0, 0.05) is 16.7 Å². The van der Waals surface area contributed by atoms with Crippen molar-refractivity contribution >= 4 is 39.5 Å². The van der Waals surface area contributed by atoms with Crippen LogP contribution in [0.3, 0.4) is 0 Å². The molecule has 0 heterocycles. The summed E-state index contributed by atoms with van der Waals surface area (Å²) >= 11 is 3.37. The van der Waals surface area contributed by atoms with Crippen LogP contribution in [-0.4, -0.2) is 49.4 Å². The predicted molar refractivity (Wildman–Crippen MR) is 101 cm³/mol. The van der Waals surface area contributed by atoms with Crippen molar-refractivity contribution in [2.45, 2.75) is 20.8 Å². The van der Waals surface area contributed by atoms with Crippen molar-refractivity contribution in [1.82, 2.24) is 15.5 Å². The van der Waals surface area contributed by atoms with E-state index in [0.717, 1.165) is 15.7 Å². The van der Waals surface area contributed by atoms with Crippen LogP contribution in [0.4, 0.5) is 10.5 Å². The van der Waals surface area contributed by atoms with Crippen molar-refractivity contribution in [3.63, 3.8) is 0 Å². The number of halogens is 1. The van der Waals surface area contributed by atoms with Crippen molar-refractivity contribution in [3.8, 4) is 0 Å². The number of aryl methyl sites for hydroxylation is 1. The summed E-state index contributed by atoms with van der Waals surface area (Å²) in [7, 11) is 1.64. The van der Waals surface area contributed by atoms with Gasteiger partial charge in [0.05, 0.1) is 13.1 Å². The van der Waals surface area contributed by atoms with Gasteiger partial charge in [-0.1, -0.05) is 29.8 Å². The maximum atomic E-state index is 12.1. The summed E-state index contributed by atoms with van der Waals surface area (Å²) in [6.45, 7) is 6.29. The van der Waals surface area contributed by atoms with Crippen molar-refractivity contribution in [2.24, 2.45) is 5.92 Å². The number of nitrogens with zero attached hydrogens (tertiary/aromatic N) is 1. The molecular weight excluding hydrogens is 388 g/mol. The molecule has 8 heteroatoms. The van der Waals surface area contributed by atoms with E-state index in [2.05, 4.69) is 31.9 Å². The van der Waals surface area contributed by atoms with E-state index < -0.39 is 11.9 Å². The number of benzene rings is 1. The van der Waals surface area contributed by atoms with Crippen molar-refractivity contribution < 1.29 is 14.4 Å². The molecule has 0 saturated heterocycles. The molecule has 0 bridgehead atoms. The number of amides is 4. The Hall–Kier alpha value is -1.93. The van der Waals surface area contributed by atoms with Gasteiger partial charge in [0.1, 0.15) is 0 Å². The third-order valence-electron chi connectivity index (χ3n) is 3.21. The van der Waals surface area contributed by atoms with Crippen LogP contribution in [0.25, 0.3) is 0 Å². The SMILES string of the molecule is Cc1cc(Br)ccc1NC(=O)CN(C)CC(=O)NC(=O)NCC(C)C. The zero-order valence-corrected chi connectivity index (χ0v) is 16.6. The lowest BCUT2D eigenvalue weighted by Gasteiger charge is -2.16. The zero-order valence-electron chi connectivity index (χ0n) is 15.0. The molecule has 1 aromatic carbocycles. The minimum atomic E-state index is -0.526. The lowest BCUT2D eigenvalue weighted by molar-refractivity contribution is -0.122. The van der Waals surface area contributed by atoms with Gasteiger partial charge in [0.2, 0.25) is 11.8 Å². The summed E-state index contributed by atoms with van der Waals surface area (Å²) in [5, 5.41) is 7.64. The van der Waals surface area contributed by atoms with E-state index in [9.17, 15) is 14.4 Å². The maximum Gasteiger partial charge on any atom is 0.321 e. The maximum absolute atomic E-state index is 12.1. The van der Waals surface area contributed by atoms with Crippen LogP contribution < -0.4 is 16.0 Å². The van der Waals surface area contributed by atoms with Gasteiger partial charge < -0.3 is 10.6 Å². The summed E-state index contributed by atoms with van der Waals surface area (Å²) in [6, 6.07) is 5.03. The highest BCUT2D eigenvalue weighted by molar-refractivity contribution is 9.10. The fourth-order valence-corrected chi connectivity index (χ4v) is 2.49. The van der Waals surface area contributed by atoms with E-state index in [1.807, 2.05) is 39.0 Å². The van der Waals surface area contributed by atoms with E-state index in [0.29, 0.717) is 12.5 Å². The zero-order chi connectivity index (χ0) is 19.0. The number of anilines is 1. The molecule has 0 aliphatic heterocycles. The van der Waals surface area contributed by atoms with E-state index >= 15 is 0 Å². The fraction of sp³-hybridized carbons (Fsp3) is 0.471. The monoisotopic (exact) mass is 412 g/mol. The molecule has 25 heavy (non-hydrogen) atoms. The molecule has 138 valence electrons. The van der Waals surface area contributed by atoms with Gasteiger partial charge >= 0.3 is 6.03 Å². The first-order chi connectivity index (χ1) is 11.7. The van der Waals surface area contributed by atoms with Crippen LogP contribution in [0.1, 0.15) is 19.4 Å². The number of carbonyl (C=O) groups is 3. The fourth-order valence-electron chi connectivity index (χ4n) is 2.01. The first-order valence-electron chi connectivity index (χ1n) is 7.99. The van der Waals surface area contributed by atoms with E-state index in [-0.39, 0.29) is 19.0 Å². The lowest BCUT2D eigenvalue weighted by Crippen LogP contribution is -2.45. The molecular formula is C17H25BrN4O3. The van der Waals surface area contributed by atoms with Gasteiger partial charge in [-0.3, -0.25) is 19.8 Å². The van der Waals surface area contributed by atoms with Crippen LogP contribution in [-0.2, 0) is 9.59 Å². The molecule has 1 aromatic rings. The molecule has 7 nitrogen and oxygen atoms in total. The summed E-state index contributed by atoms with van der Waals surface area (Å²) < 4.78 is 0.938. The lowest BCUT2D eigenvalue weighted by atomic mass is 10.2. The normalized spacial score (nSPS) is 10.7. The molecule has 3 N–H and O–H groups in total. The van der Waals surface area contributed by atoms with Gasteiger partial charge in [0.25, 0.3) is 0 Å². The number of nitrogens with one attached hydrogen (secondary N) is 3. The molecule has 0 fully saturated rings. The average Bonchev–Trinajstić information content (AvgIpc) is 2.47. The summed E-state index contributed by atoms with van der Waals surface area (Å²) in [4.78, 5) is 36.9. The van der Waals surface area contributed by atoms with Crippen molar-refractivity contribution in [2.75, 3.05) is 32.0 Å². The second kappa shape index (κ2) is 10.1. The van der Waals surface area contributed by atoms with Crippen LogP contribution in [0.2, 0.25) is 0 Å². The second-order valence-corrected chi connectivity index (χ2v) is 7.25. The highest BCUT2D eigenvalue weighted by Crippen LogP contribution is 2.19. The van der Waals surface area contributed by atoms with Gasteiger partial charge in [-0.25, -0.2) is 4.79 Å². The Labute approximate surface area is 156 Å². The minimum absolute atomic E-state index is 0.0382. The first-order valence-corrected chi connectivity index (χ1v) is 8.79. The average molecular weight is 413 g/mol. The minimum Gasteiger partial charge on any atom is -0.338 e. The largest absolute Gasteiger partial charge is 0.338 e. The number of imide groups is 1. The molecule has 0 aromatic heterocycles. The third-order valence-corrected chi connectivity index (χ3v) is 3.71. The predicted octanol–water partition coefficient (Wildman–Crippen LogP) is 2.11. The standard InChI is InChI=1S/C17H25BrN4O3/c1-11(2)8-19-17(25)21-16(24)10-22(4)9-15(23)20-14-6-5-13(18)7-12(14)3/h5-7,11H,8-10H2,1-4H3,(H,20,23)(H2,19,21,24,25). The molecule has 0 aliphatic carbocycles. The Kier molecular flexibility index (Phi) is 8.57. The summed E-state index contributed by atoms with van der Waals surface area (Å²) in [6.07, 6.45) is 0. The van der Waals surface area contributed by atoms with Crippen LogP contribution in [0.15, 0.2) is 22.7 Å². The Morgan fingerprint density at radius 1 is 1.16 bits per heavy atom. The number of carbonyl (C=O) groups excluding carboxylic acids is 3. The van der Waals surface area contributed by atoms with Crippen molar-refractivity contribution in [1.29, 1.82) is 0 Å². The highest BCUT2D eigenvalue weighted by atomic mass is 79.9. The van der Waals surface area contributed by atoms with Crippen LogP contribution in [0.5, 0.6) is 0 Å². The molecule has 0 spiro atoms. The van der Waals surface area contributed by atoms with E-state index in [1.54, 1.807) is 7.05 Å². The van der Waals surface area contributed by atoms with Crippen LogP contribution in [0, 0.1) is 12.8 Å². The number of likely N-dealkylation sites (N-methyl/N-ethyl adjacent to an activating group) is 1. The van der Waals surface area contributed by atoms with Crippen molar-refractivity contribution in [3.05, 3.63) is 28.2 Å². The smallest absolute Gasteiger partial charge is 0.321 e. The summed E-state index contributed by atoms with van der Waals surface area (Å²) in [5.74, 6) is -0.393. The highest BCUT2D eigenvalue weighted by Gasteiger charge is 2.14. The molecule has 4 amide bonds. The Morgan fingerprint density at radius 3 is 2.40 bits per heavy atom. The Bertz CT molecular complexity index is 634. The number of rotatable bonds is 7. The number of hydrogen-bond acceptors (Lipinski definition) is 4. The molecule has 0 atom stereocenters. The second-order valence-electron chi connectivity index (χ2n) is 6.33. The quantitative estimate of drug-likeness (QED) is 0.639. The number of urea groups is 1. The third kappa shape index (κ3) is 8.64. The topological polar surface area (TPSA) is 90.5 Å². The van der Waals surface area contributed by atoms with E-state index in [4.69, 9.17) is 0 Å². The van der Waals surface area contributed by atoms with Gasteiger partial charge in [0.15, 0.2) is 0 Å². The first kappa shape index (κ1) is 21.1. The van der Waals surface area contributed by atoms with E-state index in [1.165, 1.54) is 4.90 Å². The molecule has 0 aliphatic rings. The molecule has 0 radical (unpaired) electrons. The Balaban J connectivity index is 2.39. The molecule has 0 unspecified atom stereocenters. The summed E-state index contributed by atoms with van der Waals surface area (Å²) in [5.41, 5.74) is 1.66. The number of hydrogen-bond donors (Lipinski definition) is 3. The van der Waals surface area contributed by atoms with Gasteiger partial charge in [-0.15, -0.1) is 0 Å². The molecule has 1 rings (SSSR count). The van der Waals surface area contributed by atoms with Gasteiger partial charge in [-0.05, 0) is 43.7 Å². The molecule has 0 saturated carbocycles.